The van der Waals surface area contributed by atoms with Crippen LogP contribution in [0.1, 0.15) is 33.6 Å². The number of aromatic nitrogens is 2. The van der Waals surface area contributed by atoms with Gasteiger partial charge in [-0.2, -0.15) is 4.31 Å². The lowest BCUT2D eigenvalue weighted by atomic mass is 10.0. The van der Waals surface area contributed by atoms with Crippen LogP contribution in [-0.2, 0) is 10.0 Å². The number of amides is 1. The molecule has 1 aromatic heterocycles. The minimum atomic E-state index is -3.98. The molecule has 0 aliphatic carbocycles. The topological polar surface area (TPSA) is 111 Å². The number of carbonyl (C=O) groups excluding carboxylic acids is 1. The second-order valence-corrected chi connectivity index (χ2v) is 10.5. The number of nitrogens with zero attached hydrogens (tertiary/aromatic N) is 3. The third-order valence-corrected chi connectivity index (χ3v) is 8.44. The van der Waals surface area contributed by atoms with Crippen LogP contribution in [0.25, 0.3) is 0 Å². The number of anilines is 1. The van der Waals surface area contributed by atoms with Gasteiger partial charge in [-0.3, -0.25) is 4.79 Å². The van der Waals surface area contributed by atoms with Crippen LogP contribution < -0.4 is 14.8 Å². The number of hydrogen-bond acceptors (Lipinski definition) is 8. The lowest BCUT2D eigenvalue weighted by Crippen LogP contribution is -2.39. The van der Waals surface area contributed by atoms with E-state index < -0.39 is 21.7 Å². The monoisotopic (exact) mass is 490 g/mol. The molecule has 1 amide bonds. The molecule has 0 bridgehead atoms. The SMILES string of the molecule is O=C(Nc1ccc2c(c1)OCO2)c1nnc(C2CCCN(S(=O)(=O)c3ccccc3F)C2)s1. The van der Waals surface area contributed by atoms with Crippen LogP contribution in [-0.4, -0.2) is 48.7 Å². The summed E-state index contributed by atoms with van der Waals surface area (Å²) in [5.74, 6) is -0.283. The highest BCUT2D eigenvalue weighted by Gasteiger charge is 2.34. The Hall–Kier alpha value is -3.09. The first kappa shape index (κ1) is 21.7. The molecule has 0 saturated carbocycles. The van der Waals surface area contributed by atoms with Gasteiger partial charge in [-0.15, -0.1) is 10.2 Å². The van der Waals surface area contributed by atoms with E-state index in [-0.39, 0.29) is 29.2 Å². The first-order valence-corrected chi connectivity index (χ1v) is 12.5. The van der Waals surface area contributed by atoms with E-state index in [1.54, 1.807) is 18.2 Å². The van der Waals surface area contributed by atoms with Gasteiger partial charge in [0.25, 0.3) is 5.91 Å². The average molecular weight is 491 g/mol. The Kier molecular flexibility index (Phi) is 5.72. The van der Waals surface area contributed by atoms with Crippen molar-refractivity contribution in [1.29, 1.82) is 0 Å². The summed E-state index contributed by atoms with van der Waals surface area (Å²) in [6, 6.07) is 10.4. The first-order chi connectivity index (χ1) is 15.9. The van der Waals surface area contributed by atoms with Gasteiger partial charge in [0.1, 0.15) is 15.7 Å². The van der Waals surface area contributed by atoms with Gasteiger partial charge < -0.3 is 14.8 Å². The normalized spacial score (nSPS) is 18.3. The van der Waals surface area contributed by atoms with E-state index in [1.807, 2.05) is 0 Å². The molecule has 3 heterocycles. The fraction of sp³-hybridized carbons (Fsp3) is 0.286. The molecular formula is C21H19FN4O5S2. The summed E-state index contributed by atoms with van der Waals surface area (Å²) in [5, 5.41) is 11.6. The molecule has 1 fully saturated rings. The largest absolute Gasteiger partial charge is 0.454 e. The Labute approximate surface area is 193 Å². The smallest absolute Gasteiger partial charge is 0.286 e. The van der Waals surface area contributed by atoms with Gasteiger partial charge in [-0.25, -0.2) is 12.8 Å². The molecule has 0 spiro atoms. The summed E-state index contributed by atoms with van der Waals surface area (Å²) in [6.07, 6.45) is 1.29. The van der Waals surface area contributed by atoms with Crippen LogP contribution in [0, 0.1) is 5.82 Å². The molecule has 1 N–H and O–H groups in total. The van der Waals surface area contributed by atoms with E-state index >= 15 is 0 Å². The predicted molar refractivity (Wildman–Crippen MR) is 118 cm³/mol. The first-order valence-electron chi connectivity index (χ1n) is 10.2. The van der Waals surface area contributed by atoms with Gasteiger partial charge in [0.2, 0.25) is 21.8 Å². The van der Waals surface area contributed by atoms with Gasteiger partial charge in [0.15, 0.2) is 11.5 Å². The number of sulfonamides is 1. The third kappa shape index (κ3) is 4.28. The van der Waals surface area contributed by atoms with E-state index in [0.29, 0.717) is 41.6 Å². The van der Waals surface area contributed by atoms with E-state index in [9.17, 15) is 17.6 Å². The fourth-order valence-corrected chi connectivity index (χ4v) is 6.26. The molecule has 172 valence electrons. The number of ether oxygens (including phenoxy) is 2. The number of fused-ring (bicyclic) bond motifs is 1. The predicted octanol–water partition coefficient (Wildman–Crippen LogP) is 3.23. The van der Waals surface area contributed by atoms with Crippen molar-refractivity contribution in [2.24, 2.45) is 0 Å². The lowest BCUT2D eigenvalue weighted by molar-refractivity contribution is 0.102. The zero-order chi connectivity index (χ0) is 23.0. The molecule has 2 aliphatic heterocycles. The third-order valence-electron chi connectivity index (χ3n) is 5.45. The van der Waals surface area contributed by atoms with Crippen LogP contribution in [0.5, 0.6) is 11.5 Å². The van der Waals surface area contributed by atoms with E-state index in [4.69, 9.17) is 9.47 Å². The van der Waals surface area contributed by atoms with Crippen LogP contribution in [0.3, 0.4) is 0 Å². The maximum absolute atomic E-state index is 14.1. The van der Waals surface area contributed by atoms with Crippen LogP contribution in [0.4, 0.5) is 10.1 Å². The maximum atomic E-state index is 14.1. The van der Waals surface area contributed by atoms with Crippen LogP contribution in [0.2, 0.25) is 0 Å². The van der Waals surface area contributed by atoms with E-state index in [2.05, 4.69) is 15.5 Å². The Morgan fingerprint density at radius 3 is 2.82 bits per heavy atom. The van der Waals surface area contributed by atoms with Crippen LogP contribution in [0.15, 0.2) is 47.4 Å². The average Bonchev–Trinajstić information content (AvgIpc) is 3.49. The van der Waals surface area contributed by atoms with Crippen molar-refractivity contribution in [2.45, 2.75) is 23.7 Å². The molecule has 2 aliphatic rings. The molecular weight excluding hydrogens is 471 g/mol. The van der Waals surface area contributed by atoms with E-state index in [1.165, 1.54) is 22.5 Å². The van der Waals surface area contributed by atoms with Gasteiger partial charge in [0, 0.05) is 30.8 Å². The molecule has 12 heteroatoms. The minimum Gasteiger partial charge on any atom is -0.454 e. The quantitative estimate of drug-likeness (QED) is 0.585. The minimum absolute atomic E-state index is 0.136. The van der Waals surface area contributed by atoms with Crippen molar-refractivity contribution in [3.63, 3.8) is 0 Å². The van der Waals surface area contributed by atoms with Crippen molar-refractivity contribution in [2.75, 3.05) is 25.2 Å². The van der Waals surface area contributed by atoms with Crippen molar-refractivity contribution in [3.8, 4) is 11.5 Å². The molecule has 0 radical (unpaired) electrons. The van der Waals surface area contributed by atoms with Gasteiger partial charge >= 0.3 is 0 Å². The lowest BCUT2D eigenvalue weighted by Gasteiger charge is -2.30. The molecule has 2 aromatic carbocycles. The van der Waals surface area contributed by atoms with Crippen molar-refractivity contribution in [1.82, 2.24) is 14.5 Å². The molecule has 9 nitrogen and oxygen atoms in total. The summed E-state index contributed by atoms with van der Waals surface area (Å²) in [7, 11) is -3.98. The van der Waals surface area contributed by atoms with Gasteiger partial charge in [-0.1, -0.05) is 23.5 Å². The maximum Gasteiger partial charge on any atom is 0.286 e. The summed E-state index contributed by atoms with van der Waals surface area (Å²) < 4.78 is 51.9. The Bertz CT molecular complexity index is 1310. The second kappa shape index (κ2) is 8.69. The molecule has 1 unspecified atom stereocenters. The number of piperidine rings is 1. The Morgan fingerprint density at radius 2 is 1.97 bits per heavy atom. The Morgan fingerprint density at radius 1 is 1.15 bits per heavy atom. The van der Waals surface area contributed by atoms with Crippen molar-refractivity contribution >= 4 is 33.0 Å². The number of rotatable bonds is 5. The summed E-state index contributed by atoms with van der Waals surface area (Å²) >= 11 is 1.12. The fourth-order valence-electron chi connectivity index (χ4n) is 3.81. The zero-order valence-corrected chi connectivity index (χ0v) is 18.9. The number of hydrogen-bond donors (Lipinski definition) is 1. The Balaban J connectivity index is 1.29. The summed E-state index contributed by atoms with van der Waals surface area (Å²) in [4.78, 5) is 12.3. The zero-order valence-electron chi connectivity index (χ0n) is 17.2. The van der Waals surface area contributed by atoms with Gasteiger partial charge in [0.05, 0.1) is 0 Å². The number of carbonyl (C=O) groups is 1. The summed E-state index contributed by atoms with van der Waals surface area (Å²) in [5.41, 5.74) is 0.529. The molecule has 5 rings (SSSR count). The van der Waals surface area contributed by atoms with Gasteiger partial charge in [-0.05, 0) is 37.1 Å². The highest BCUT2D eigenvalue weighted by atomic mass is 32.2. The molecule has 3 aromatic rings. The number of halogens is 1. The number of benzene rings is 2. The van der Waals surface area contributed by atoms with Crippen molar-refractivity contribution < 1.29 is 27.1 Å². The standard InChI is InChI=1S/C21H19FN4O5S2/c22-15-5-1-2-6-18(15)33(28,29)26-9-3-4-13(11-26)20-24-25-21(32-20)19(27)23-14-7-8-16-17(10-14)31-12-30-16/h1-2,5-8,10,13H,3-4,9,11-12H2,(H,23,27). The van der Waals surface area contributed by atoms with E-state index in [0.717, 1.165) is 17.4 Å². The molecule has 1 saturated heterocycles. The molecule has 33 heavy (non-hydrogen) atoms. The van der Waals surface area contributed by atoms with Crippen molar-refractivity contribution in [3.05, 3.63) is 58.3 Å². The number of nitrogens with one attached hydrogen (secondary N) is 1. The second-order valence-electron chi connectivity index (χ2n) is 7.60. The van der Waals surface area contributed by atoms with Crippen LogP contribution >= 0.6 is 11.3 Å². The highest BCUT2D eigenvalue weighted by molar-refractivity contribution is 7.89. The summed E-state index contributed by atoms with van der Waals surface area (Å²) in [6.45, 7) is 0.579. The molecule has 1 atom stereocenters. The highest BCUT2D eigenvalue weighted by Crippen LogP contribution is 2.35.